The monoisotopic (exact) mass is 174 g/mol. The van der Waals surface area contributed by atoms with Crippen molar-refractivity contribution >= 4 is 11.0 Å². The lowest BCUT2D eigenvalue weighted by Crippen LogP contribution is -1.95. The average Bonchev–Trinajstić information content (AvgIpc) is 2.53. The summed E-state index contributed by atoms with van der Waals surface area (Å²) in [5.41, 5.74) is 4.90. The Hall–Kier alpha value is -1.31. The van der Waals surface area contributed by atoms with Gasteiger partial charge in [-0.3, -0.25) is 0 Å². The van der Waals surface area contributed by atoms with Crippen LogP contribution in [0.15, 0.2) is 12.3 Å². The van der Waals surface area contributed by atoms with E-state index in [2.05, 4.69) is 36.8 Å². The Kier molecular flexibility index (Phi) is 1.83. The van der Waals surface area contributed by atoms with Crippen LogP contribution in [0.2, 0.25) is 0 Å². The number of nitrogens with one attached hydrogen (secondary N) is 1. The Labute approximate surface area is 78.0 Å². The zero-order valence-corrected chi connectivity index (χ0v) is 8.31. The van der Waals surface area contributed by atoms with Gasteiger partial charge < -0.3 is 4.98 Å². The normalized spacial score (nSPS) is 11.0. The molecular weight excluding hydrogens is 160 g/mol. The summed E-state index contributed by atoms with van der Waals surface area (Å²) in [5.74, 6) is 0. The fourth-order valence-electron chi connectivity index (χ4n) is 1.95. The topological polar surface area (TPSA) is 28.7 Å². The van der Waals surface area contributed by atoms with E-state index in [0.29, 0.717) is 0 Å². The molecule has 0 aliphatic carbocycles. The summed E-state index contributed by atoms with van der Waals surface area (Å²) < 4.78 is 0. The highest BCUT2D eigenvalue weighted by atomic mass is 14.8. The molecule has 0 spiro atoms. The lowest BCUT2D eigenvalue weighted by Gasteiger charge is -2.07. The van der Waals surface area contributed by atoms with Crippen LogP contribution in [0.1, 0.15) is 23.7 Å². The first-order valence-electron chi connectivity index (χ1n) is 4.67. The van der Waals surface area contributed by atoms with Gasteiger partial charge in [0.05, 0.1) is 0 Å². The van der Waals surface area contributed by atoms with Crippen molar-refractivity contribution in [2.45, 2.75) is 27.2 Å². The number of H-pyrrole nitrogens is 1. The Morgan fingerprint density at radius 2 is 2.15 bits per heavy atom. The molecule has 68 valence electrons. The number of pyridine rings is 1. The van der Waals surface area contributed by atoms with Crippen LogP contribution in [0, 0.1) is 13.8 Å². The van der Waals surface area contributed by atoms with Gasteiger partial charge in [0.25, 0.3) is 0 Å². The lowest BCUT2D eigenvalue weighted by molar-refractivity contribution is 1.04. The van der Waals surface area contributed by atoms with Gasteiger partial charge in [-0.15, -0.1) is 0 Å². The third-order valence-corrected chi connectivity index (χ3v) is 2.65. The summed E-state index contributed by atoms with van der Waals surface area (Å²) in [6.45, 7) is 6.42. The van der Waals surface area contributed by atoms with E-state index in [1.807, 2.05) is 6.20 Å². The summed E-state index contributed by atoms with van der Waals surface area (Å²) in [6, 6.07) is 2.09. The number of aromatic amines is 1. The van der Waals surface area contributed by atoms with Crippen LogP contribution in [-0.2, 0) is 6.42 Å². The molecule has 0 saturated heterocycles. The number of hydrogen-bond donors (Lipinski definition) is 1. The Balaban J connectivity index is 2.85. The van der Waals surface area contributed by atoms with Gasteiger partial charge >= 0.3 is 0 Å². The van der Waals surface area contributed by atoms with Crippen molar-refractivity contribution in [3.05, 3.63) is 29.1 Å². The van der Waals surface area contributed by atoms with Crippen LogP contribution in [0.3, 0.4) is 0 Å². The predicted molar refractivity (Wildman–Crippen MR) is 54.9 cm³/mol. The van der Waals surface area contributed by atoms with Crippen molar-refractivity contribution in [1.82, 2.24) is 9.97 Å². The molecule has 0 aliphatic rings. The van der Waals surface area contributed by atoms with E-state index in [1.165, 1.54) is 16.5 Å². The minimum atomic E-state index is 1.01. The third kappa shape index (κ3) is 1.13. The molecule has 0 aliphatic heterocycles. The molecule has 0 radical (unpaired) electrons. The van der Waals surface area contributed by atoms with Gasteiger partial charge in [0.15, 0.2) is 0 Å². The molecule has 0 saturated carbocycles. The summed E-state index contributed by atoms with van der Waals surface area (Å²) >= 11 is 0. The number of aryl methyl sites for hydroxylation is 2. The summed E-state index contributed by atoms with van der Waals surface area (Å²) in [6.07, 6.45) is 3.01. The molecule has 2 aromatic rings. The van der Waals surface area contributed by atoms with Gasteiger partial charge in [0, 0.05) is 17.3 Å². The molecule has 2 heteroatoms. The third-order valence-electron chi connectivity index (χ3n) is 2.65. The molecule has 0 amide bonds. The lowest BCUT2D eigenvalue weighted by atomic mass is 10.0. The van der Waals surface area contributed by atoms with E-state index in [9.17, 15) is 0 Å². The highest BCUT2D eigenvalue weighted by molar-refractivity contribution is 5.80. The molecule has 0 aromatic carbocycles. The van der Waals surface area contributed by atoms with Crippen molar-refractivity contribution in [2.75, 3.05) is 0 Å². The molecule has 0 atom stereocenters. The van der Waals surface area contributed by atoms with E-state index in [0.717, 1.165) is 17.8 Å². The van der Waals surface area contributed by atoms with Crippen molar-refractivity contribution in [2.24, 2.45) is 0 Å². The summed E-state index contributed by atoms with van der Waals surface area (Å²) in [5, 5.41) is 1.25. The smallest absolute Gasteiger partial charge is 0.137 e. The van der Waals surface area contributed by atoms with Crippen LogP contribution in [0.25, 0.3) is 11.0 Å². The number of rotatable bonds is 1. The van der Waals surface area contributed by atoms with Crippen molar-refractivity contribution < 1.29 is 0 Å². The Bertz CT molecular complexity index is 441. The van der Waals surface area contributed by atoms with E-state index >= 15 is 0 Å². The first-order valence-corrected chi connectivity index (χ1v) is 4.67. The quantitative estimate of drug-likeness (QED) is 0.707. The summed E-state index contributed by atoms with van der Waals surface area (Å²) in [4.78, 5) is 7.65. The molecule has 2 aromatic heterocycles. The fourth-order valence-corrected chi connectivity index (χ4v) is 1.95. The number of hydrogen-bond acceptors (Lipinski definition) is 1. The second-order valence-corrected chi connectivity index (χ2v) is 3.39. The van der Waals surface area contributed by atoms with Gasteiger partial charge in [-0.2, -0.15) is 0 Å². The summed E-state index contributed by atoms with van der Waals surface area (Å²) in [7, 11) is 0. The highest BCUT2D eigenvalue weighted by Gasteiger charge is 2.07. The predicted octanol–water partition coefficient (Wildman–Crippen LogP) is 2.74. The molecule has 2 rings (SSSR count). The van der Waals surface area contributed by atoms with Crippen LogP contribution >= 0.6 is 0 Å². The van der Waals surface area contributed by atoms with Crippen LogP contribution in [0.5, 0.6) is 0 Å². The minimum absolute atomic E-state index is 1.01. The van der Waals surface area contributed by atoms with Crippen molar-refractivity contribution in [1.29, 1.82) is 0 Å². The van der Waals surface area contributed by atoms with Crippen LogP contribution in [0.4, 0.5) is 0 Å². The molecule has 2 heterocycles. The first-order chi connectivity index (χ1) is 6.24. The van der Waals surface area contributed by atoms with Crippen LogP contribution < -0.4 is 0 Å². The van der Waals surface area contributed by atoms with E-state index in [-0.39, 0.29) is 0 Å². The largest absolute Gasteiger partial charge is 0.346 e. The van der Waals surface area contributed by atoms with Gasteiger partial charge in [-0.05, 0) is 37.5 Å². The molecule has 2 nitrogen and oxygen atoms in total. The average molecular weight is 174 g/mol. The molecule has 0 bridgehead atoms. The SMILES string of the molecule is CCc1c(C)nc2[nH]ccc2c1C. The van der Waals surface area contributed by atoms with Gasteiger partial charge in [0.1, 0.15) is 5.65 Å². The van der Waals surface area contributed by atoms with Gasteiger partial charge in [-0.1, -0.05) is 6.92 Å². The van der Waals surface area contributed by atoms with Crippen molar-refractivity contribution in [3.63, 3.8) is 0 Å². The molecular formula is C11H14N2. The van der Waals surface area contributed by atoms with E-state index < -0.39 is 0 Å². The van der Waals surface area contributed by atoms with Gasteiger partial charge in [0.2, 0.25) is 0 Å². The second kappa shape index (κ2) is 2.87. The maximum atomic E-state index is 4.51. The van der Waals surface area contributed by atoms with E-state index in [4.69, 9.17) is 0 Å². The number of nitrogens with zero attached hydrogens (tertiary/aromatic N) is 1. The zero-order valence-electron chi connectivity index (χ0n) is 8.31. The van der Waals surface area contributed by atoms with Gasteiger partial charge in [-0.25, -0.2) is 4.98 Å². The van der Waals surface area contributed by atoms with Crippen molar-refractivity contribution in [3.8, 4) is 0 Å². The second-order valence-electron chi connectivity index (χ2n) is 3.39. The zero-order chi connectivity index (χ0) is 9.42. The Morgan fingerprint density at radius 3 is 2.85 bits per heavy atom. The Morgan fingerprint density at radius 1 is 1.38 bits per heavy atom. The minimum Gasteiger partial charge on any atom is -0.346 e. The first kappa shape index (κ1) is 8.30. The van der Waals surface area contributed by atoms with E-state index in [1.54, 1.807) is 0 Å². The van der Waals surface area contributed by atoms with Crippen LogP contribution in [-0.4, -0.2) is 9.97 Å². The molecule has 1 N–H and O–H groups in total. The molecule has 13 heavy (non-hydrogen) atoms. The number of aromatic nitrogens is 2. The standard InChI is InChI=1S/C11H14N2/c1-4-9-7(2)10-5-6-12-11(10)13-8(9)3/h5-6H,4H2,1-3H3,(H,12,13). The maximum absolute atomic E-state index is 4.51. The molecule has 0 unspecified atom stereocenters. The molecule has 0 fully saturated rings. The maximum Gasteiger partial charge on any atom is 0.137 e. The fraction of sp³-hybridized carbons (Fsp3) is 0.364. The highest BCUT2D eigenvalue weighted by Crippen LogP contribution is 2.21. The number of fused-ring (bicyclic) bond motifs is 1.